The van der Waals surface area contributed by atoms with Gasteiger partial charge >= 0.3 is 0 Å². The highest BCUT2D eigenvalue weighted by Gasteiger charge is 2.43. The van der Waals surface area contributed by atoms with E-state index in [0.29, 0.717) is 5.41 Å². The maximum Gasteiger partial charge on any atom is 0.260 e. The van der Waals surface area contributed by atoms with E-state index in [9.17, 15) is 9.90 Å². The summed E-state index contributed by atoms with van der Waals surface area (Å²) in [4.78, 5) is 16.5. The van der Waals surface area contributed by atoms with Gasteiger partial charge in [-0.25, -0.2) is 0 Å². The van der Waals surface area contributed by atoms with Crippen molar-refractivity contribution in [1.29, 1.82) is 0 Å². The molecule has 0 aromatic heterocycles. The molecule has 1 amide bonds. The number of likely N-dealkylation sites (tertiary alicyclic amines) is 1. The SMILES string of the molecule is Cc1ccc(OCC(=O)N2CCC3(CC2)CCC(O)(CN(C)C)CC3)cc1. The molecule has 5 nitrogen and oxygen atoms in total. The lowest BCUT2D eigenvalue weighted by molar-refractivity contribution is -0.137. The number of nitrogens with zero attached hydrogens (tertiary/aromatic N) is 2. The predicted octanol–water partition coefficient (Wildman–Crippen LogP) is 2.85. The van der Waals surface area contributed by atoms with Gasteiger partial charge in [0.1, 0.15) is 5.75 Å². The van der Waals surface area contributed by atoms with E-state index in [1.807, 2.05) is 50.2 Å². The lowest BCUT2D eigenvalue weighted by Gasteiger charge is -2.48. The Bertz CT molecular complexity index is 623. The second-order valence-corrected chi connectivity index (χ2v) is 8.94. The molecule has 1 aliphatic carbocycles. The molecule has 1 spiro atoms. The van der Waals surface area contributed by atoms with E-state index in [1.165, 1.54) is 5.56 Å². The standard InChI is InChI=1S/C22H34N2O3/c1-18-4-6-19(7-5-18)27-16-20(25)24-14-12-21(13-15-24)8-10-22(26,11-9-21)17-23(2)3/h4-7,26H,8-17H2,1-3H3. The van der Waals surface area contributed by atoms with Crippen molar-refractivity contribution in [3.8, 4) is 5.75 Å². The summed E-state index contributed by atoms with van der Waals surface area (Å²) in [5.41, 5.74) is 0.955. The van der Waals surface area contributed by atoms with Crippen molar-refractivity contribution in [3.05, 3.63) is 29.8 Å². The van der Waals surface area contributed by atoms with Crippen LogP contribution in [0.25, 0.3) is 0 Å². The molecule has 1 N–H and O–H groups in total. The molecule has 1 saturated heterocycles. The summed E-state index contributed by atoms with van der Waals surface area (Å²) in [7, 11) is 4.04. The molecular weight excluding hydrogens is 340 g/mol. The summed E-state index contributed by atoms with van der Waals surface area (Å²) in [5.74, 6) is 0.820. The van der Waals surface area contributed by atoms with Crippen molar-refractivity contribution in [2.45, 2.75) is 51.0 Å². The van der Waals surface area contributed by atoms with Crippen LogP contribution in [0.5, 0.6) is 5.75 Å². The molecule has 1 heterocycles. The molecule has 1 aromatic carbocycles. The van der Waals surface area contributed by atoms with Crippen LogP contribution in [0.4, 0.5) is 0 Å². The summed E-state index contributed by atoms with van der Waals surface area (Å²) in [6.07, 6.45) is 5.96. The maximum absolute atomic E-state index is 12.5. The van der Waals surface area contributed by atoms with Crippen LogP contribution in [0.1, 0.15) is 44.1 Å². The van der Waals surface area contributed by atoms with Crippen molar-refractivity contribution in [1.82, 2.24) is 9.80 Å². The Labute approximate surface area is 163 Å². The van der Waals surface area contributed by atoms with Gasteiger partial charge in [-0.2, -0.15) is 0 Å². The first-order chi connectivity index (χ1) is 12.8. The van der Waals surface area contributed by atoms with Crippen LogP contribution in [0.15, 0.2) is 24.3 Å². The number of amides is 1. The van der Waals surface area contributed by atoms with Gasteiger partial charge in [0.15, 0.2) is 6.61 Å². The number of benzene rings is 1. The van der Waals surface area contributed by atoms with Gasteiger partial charge in [0, 0.05) is 19.6 Å². The summed E-state index contributed by atoms with van der Waals surface area (Å²) >= 11 is 0. The Morgan fingerprint density at radius 3 is 2.22 bits per heavy atom. The summed E-state index contributed by atoms with van der Waals surface area (Å²) in [6.45, 7) is 4.50. The zero-order chi connectivity index (χ0) is 19.5. The summed E-state index contributed by atoms with van der Waals surface area (Å²) in [6, 6.07) is 7.80. The van der Waals surface area contributed by atoms with Crippen LogP contribution in [-0.2, 0) is 4.79 Å². The first kappa shape index (κ1) is 20.2. The molecule has 150 valence electrons. The van der Waals surface area contributed by atoms with E-state index in [4.69, 9.17) is 4.74 Å². The van der Waals surface area contributed by atoms with Gasteiger partial charge in [-0.1, -0.05) is 17.7 Å². The van der Waals surface area contributed by atoms with Crippen LogP contribution in [0, 0.1) is 12.3 Å². The van der Waals surface area contributed by atoms with Crippen LogP contribution < -0.4 is 4.74 Å². The number of piperidine rings is 1. The van der Waals surface area contributed by atoms with Gasteiger partial charge in [-0.3, -0.25) is 4.79 Å². The van der Waals surface area contributed by atoms with Crippen LogP contribution in [0.2, 0.25) is 0 Å². The van der Waals surface area contributed by atoms with Crippen LogP contribution in [-0.4, -0.2) is 66.8 Å². The number of hydrogen-bond donors (Lipinski definition) is 1. The minimum atomic E-state index is -0.538. The van der Waals surface area contributed by atoms with E-state index in [0.717, 1.165) is 63.9 Å². The number of aliphatic hydroxyl groups is 1. The van der Waals surface area contributed by atoms with Crippen LogP contribution in [0.3, 0.4) is 0 Å². The molecule has 0 bridgehead atoms. The monoisotopic (exact) mass is 374 g/mol. The Hall–Kier alpha value is -1.59. The Balaban J connectivity index is 1.44. The second-order valence-electron chi connectivity index (χ2n) is 8.94. The molecule has 0 atom stereocenters. The lowest BCUT2D eigenvalue weighted by Crippen LogP contribution is -2.50. The summed E-state index contributed by atoms with van der Waals surface area (Å²) in [5, 5.41) is 10.8. The molecule has 1 saturated carbocycles. The molecular formula is C22H34N2O3. The lowest BCUT2D eigenvalue weighted by atomic mass is 9.64. The molecule has 2 fully saturated rings. The third kappa shape index (κ3) is 5.23. The van der Waals surface area contributed by atoms with Gasteiger partial charge < -0.3 is 19.6 Å². The maximum atomic E-state index is 12.5. The molecule has 1 aliphatic heterocycles. The molecule has 27 heavy (non-hydrogen) atoms. The molecule has 0 unspecified atom stereocenters. The first-order valence-electron chi connectivity index (χ1n) is 10.1. The zero-order valence-corrected chi connectivity index (χ0v) is 17.0. The highest BCUT2D eigenvalue weighted by Crippen LogP contribution is 2.47. The van der Waals surface area contributed by atoms with Gasteiger partial charge in [-0.15, -0.1) is 0 Å². The van der Waals surface area contributed by atoms with Gasteiger partial charge in [0.25, 0.3) is 5.91 Å². The highest BCUT2D eigenvalue weighted by molar-refractivity contribution is 5.77. The average Bonchev–Trinajstić information content (AvgIpc) is 2.64. The van der Waals surface area contributed by atoms with Gasteiger partial charge in [0.05, 0.1) is 5.60 Å². The Kier molecular flexibility index (Phi) is 6.11. The third-order valence-corrected chi connectivity index (χ3v) is 6.41. The number of carbonyl (C=O) groups excluding carboxylic acids is 1. The topological polar surface area (TPSA) is 53.0 Å². The van der Waals surface area contributed by atoms with Crippen LogP contribution >= 0.6 is 0 Å². The van der Waals surface area contributed by atoms with E-state index >= 15 is 0 Å². The largest absolute Gasteiger partial charge is 0.484 e. The van der Waals surface area contributed by atoms with Gasteiger partial charge in [0.2, 0.25) is 0 Å². The first-order valence-corrected chi connectivity index (χ1v) is 10.1. The molecule has 3 rings (SSSR count). The number of aryl methyl sites for hydroxylation is 1. The van der Waals surface area contributed by atoms with Crippen molar-refractivity contribution >= 4 is 5.91 Å². The average molecular weight is 375 g/mol. The minimum absolute atomic E-state index is 0.0744. The second kappa shape index (κ2) is 8.19. The van der Waals surface area contributed by atoms with E-state index in [1.54, 1.807) is 0 Å². The normalized spacial score (nSPS) is 21.4. The molecule has 0 radical (unpaired) electrons. The summed E-state index contributed by atoms with van der Waals surface area (Å²) < 4.78 is 5.65. The molecule has 1 aromatic rings. The number of carbonyl (C=O) groups is 1. The third-order valence-electron chi connectivity index (χ3n) is 6.41. The van der Waals surface area contributed by atoms with E-state index in [2.05, 4.69) is 4.90 Å². The van der Waals surface area contributed by atoms with E-state index in [-0.39, 0.29) is 12.5 Å². The highest BCUT2D eigenvalue weighted by atomic mass is 16.5. The molecule has 2 aliphatic rings. The predicted molar refractivity (Wildman–Crippen MR) is 107 cm³/mol. The number of ether oxygens (including phenoxy) is 1. The molecule has 5 heteroatoms. The number of hydrogen-bond acceptors (Lipinski definition) is 4. The van der Waals surface area contributed by atoms with Crippen molar-refractivity contribution in [3.63, 3.8) is 0 Å². The number of rotatable bonds is 5. The van der Waals surface area contributed by atoms with Crippen molar-refractivity contribution in [2.75, 3.05) is 40.3 Å². The van der Waals surface area contributed by atoms with Gasteiger partial charge in [-0.05, 0) is 77.1 Å². The Morgan fingerprint density at radius 2 is 1.67 bits per heavy atom. The fraction of sp³-hybridized carbons (Fsp3) is 0.682. The fourth-order valence-corrected chi connectivity index (χ4v) is 4.59. The minimum Gasteiger partial charge on any atom is -0.484 e. The Morgan fingerprint density at radius 1 is 1.07 bits per heavy atom. The quantitative estimate of drug-likeness (QED) is 0.861. The van der Waals surface area contributed by atoms with E-state index < -0.39 is 5.60 Å². The zero-order valence-electron chi connectivity index (χ0n) is 17.0. The fourth-order valence-electron chi connectivity index (χ4n) is 4.59. The van der Waals surface area contributed by atoms with Crippen molar-refractivity contribution in [2.24, 2.45) is 5.41 Å². The smallest absolute Gasteiger partial charge is 0.260 e. The number of likely N-dealkylation sites (N-methyl/N-ethyl adjacent to an activating group) is 1. The van der Waals surface area contributed by atoms with Crippen molar-refractivity contribution < 1.29 is 14.6 Å².